The number of hydrogen-bond donors (Lipinski definition) is 0. The Morgan fingerprint density at radius 1 is 1.09 bits per heavy atom. The molecule has 2 rings (SSSR count). The average Bonchev–Trinajstić information content (AvgIpc) is 2.77. The van der Waals surface area contributed by atoms with Gasteiger partial charge in [-0.15, -0.1) is 6.58 Å². The van der Waals surface area contributed by atoms with E-state index in [1.165, 1.54) is 0 Å². The number of nitrogens with zero attached hydrogens (tertiary/aromatic N) is 1. The first-order valence-corrected chi connectivity index (χ1v) is 13.2. The fraction of sp³-hybridized carbons (Fsp3) is 0.464. The molecule has 2 atom stereocenters. The van der Waals surface area contributed by atoms with E-state index in [2.05, 4.69) is 34.3 Å². The van der Waals surface area contributed by atoms with Crippen molar-refractivity contribution in [2.45, 2.75) is 64.8 Å². The molecule has 0 spiro atoms. The number of thioether (sulfide) groups is 1. The van der Waals surface area contributed by atoms with Crippen LogP contribution in [-0.2, 0) is 9.53 Å². The predicted octanol–water partition coefficient (Wildman–Crippen LogP) is 8.72. The summed E-state index contributed by atoms with van der Waals surface area (Å²) in [6.07, 6.45) is 2.66. The summed E-state index contributed by atoms with van der Waals surface area (Å²) in [7, 11) is 1.67. The lowest BCUT2D eigenvalue weighted by Crippen LogP contribution is -2.45. The number of benzene rings is 2. The predicted molar refractivity (Wildman–Crippen MR) is 152 cm³/mol. The Morgan fingerprint density at radius 3 is 1.94 bits per heavy atom. The molecule has 0 aliphatic carbocycles. The zero-order valence-electron chi connectivity index (χ0n) is 21.7. The maximum atomic E-state index is 12.5. The van der Waals surface area contributed by atoms with Crippen molar-refractivity contribution in [2.75, 3.05) is 19.5 Å². The van der Waals surface area contributed by atoms with Gasteiger partial charge in [0.2, 0.25) is 5.91 Å². The highest BCUT2D eigenvalue weighted by Crippen LogP contribution is 2.31. The average molecular weight is 527 g/mol. The van der Waals surface area contributed by atoms with Gasteiger partial charge in [0.25, 0.3) is 0 Å². The fourth-order valence-electron chi connectivity index (χ4n) is 3.07. The van der Waals surface area contributed by atoms with Crippen molar-refractivity contribution >= 4 is 40.9 Å². The third kappa shape index (κ3) is 14.1. The zero-order chi connectivity index (χ0) is 26.1. The molecule has 0 N–H and O–H groups in total. The van der Waals surface area contributed by atoms with Gasteiger partial charge in [0.05, 0.1) is 12.6 Å². The molecule has 0 unspecified atom stereocenters. The molecule has 0 aromatic heterocycles. The van der Waals surface area contributed by atoms with Gasteiger partial charge in [-0.25, -0.2) is 0 Å². The number of carbonyl (C=O) groups is 1. The lowest BCUT2D eigenvalue weighted by molar-refractivity contribution is -0.135. The number of ether oxygens (including phenoxy) is 1. The second-order valence-corrected chi connectivity index (χ2v) is 11.4. The Hall–Kier alpha value is -1.46. The van der Waals surface area contributed by atoms with Gasteiger partial charge < -0.3 is 9.64 Å². The molecule has 0 fully saturated rings. The smallest absolute Gasteiger partial charge is 0.220 e. The highest BCUT2D eigenvalue weighted by Gasteiger charge is 2.30. The van der Waals surface area contributed by atoms with Crippen LogP contribution in [0.3, 0.4) is 0 Å². The van der Waals surface area contributed by atoms with E-state index in [4.69, 9.17) is 27.9 Å². The van der Waals surface area contributed by atoms with E-state index in [0.29, 0.717) is 11.6 Å². The molecule has 34 heavy (non-hydrogen) atoms. The summed E-state index contributed by atoms with van der Waals surface area (Å²) in [5, 5.41) is 1.49. The van der Waals surface area contributed by atoms with Crippen molar-refractivity contribution in [3.8, 4) is 0 Å². The molecule has 0 saturated carbocycles. The molecule has 2 aromatic carbocycles. The number of allylic oxidation sites excluding steroid dienone is 1. The first-order valence-electron chi connectivity index (χ1n) is 11.4. The SMILES string of the molecule is C=CC.CC[C@@H](CSC(C)(C)C)N(C(C)=O)[C@@H](COC)c1ccc(Cl)cc1.Clc1ccccc1. The molecule has 0 aliphatic heterocycles. The van der Waals surface area contributed by atoms with Crippen LogP contribution in [0.15, 0.2) is 67.3 Å². The van der Waals surface area contributed by atoms with Gasteiger partial charge in [0.15, 0.2) is 0 Å². The molecule has 1 amide bonds. The third-order valence-electron chi connectivity index (χ3n) is 4.59. The molecular weight excluding hydrogens is 485 g/mol. The van der Waals surface area contributed by atoms with Gasteiger partial charge in [-0.1, -0.05) is 87.3 Å². The van der Waals surface area contributed by atoms with Crippen molar-refractivity contribution < 1.29 is 9.53 Å². The number of amides is 1. The molecular formula is C28H41Cl2NO2S. The first kappa shape index (κ1) is 32.5. The molecule has 0 saturated heterocycles. The van der Waals surface area contributed by atoms with Crippen LogP contribution in [0.25, 0.3) is 0 Å². The molecule has 2 aromatic rings. The van der Waals surface area contributed by atoms with Gasteiger partial charge in [-0.05, 0) is 43.2 Å². The van der Waals surface area contributed by atoms with E-state index >= 15 is 0 Å². The van der Waals surface area contributed by atoms with Gasteiger partial charge in [-0.2, -0.15) is 11.8 Å². The highest BCUT2D eigenvalue weighted by atomic mass is 35.5. The zero-order valence-corrected chi connectivity index (χ0v) is 24.0. The van der Waals surface area contributed by atoms with Crippen LogP contribution in [0, 0.1) is 0 Å². The summed E-state index contributed by atoms with van der Waals surface area (Å²) in [4.78, 5) is 14.4. The molecule has 0 heterocycles. The van der Waals surface area contributed by atoms with E-state index < -0.39 is 0 Å². The summed E-state index contributed by atoms with van der Waals surface area (Å²) in [6.45, 7) is 16.1. The molecule has 3 nitrogen and oxygen atoms in total. The minimum absolute atomic E-state index is 0.0772. The van der Waals surface area contributed by atoms with Crippen molar-refractivity contribution in [3.63, 3.8) is 0 Å². The lowest BCUT2D eigenvalue weighted by Gasteiger charge is -2.38. The normalized spacial score (nSPS) is 12.3. The van der Waals surface area contributed by atoms with Crippen LogP contribution in [0.5, 0.6) is 0 Å². The first-order chi connectivity index (χ1) is 16.0. The Balaban J connectivity index is 0.000000899. The van der Waals surface area contributed by atoms with Crippen LogP contribution in [0.1, 0.15) is 59.6 Å². The summed E-state index contributed by atoms with van der Waals surface area (Å²) >= 11 is 13.4. The van der Waals surface area contributed by atoms with Crippen molar-refractivity contribution in [1.82, 2.24) is 4.90 Å². The number of hydrogen-bond acceptors (Lipinski definition) is 3. The second kappa shape index (κ2) is 17.9. The van der Waals surface area contributed by atoms with E-state index in [9.17, 15) is 4.79 Å². The van der Waals surface area contributed by atoms with Crippen LogP contribution < -0.4 is 0 Å². The summed E-state index contributed by atoms with van der Waals surface area (Å²) in [6, 6.07) is 17.2. The van der Waals surface area contributed by atoms with Crippen molar-refractivity contribution in [3.05, 3.63) is 82.9 Å². The van der Waals surface area contributed by atoms with Crippen LogP contribution in [-0.4, -0.2) is 41.1 Å². The number of methoxy groups -OCH3 is 1. The summed E-state index contributed by atoms with van der Waals surface area (Å²) in [5.74, 6) is 0.987. The Kier molecular flexibility index (Phi) is 17.1. The number of halogens is 2. The van der Waals surface area contributed by atoms with Gasteiger partial charge >= 0.3 is 0 Å². The molecule has 0 aliphatic rings. The summed E-state index contributed by atoms with van der Waals surface area (Å²) < 4.78 is 5.60. The number of rotatable bonds is 8. The standard InChI is InChI=1S/C19H30ClNO2S.C6H5Cl.C3H6/c1-7-17(13-24-19(3,4)5)21(14(2)22)18(12-23-6)15-8-10-16(20)11-9-15;7-6-4-2-1-3-5-6;1-3-2/h8-11,17-18H,7,12-13H2,1-6H3;1-5H;3H,1H2,2H3/t17-,18-;;/m0../s1. The largest absolute Gasteiger partial charge is 0.382 e. The Labute approximate surface area is 221 Å². The monoisotopic (exact) mass is 525 g/mol. The maximum Gasteiger partial charge on any atom is 0.220 e. The maximum absolute atomic E-state index is 12.5. The van der Waals surface area contributed by atoms with Crippen LogP contribution in [0.4, 0.5) is 0 Å². The van der Waals surface area contributed by atoms with E-state index in [1.54, 1.807) is 20.1 Å². The fourth-order valence-corrected chi connectivity index (χ4v) is 4.43. The quantitative estimate of drug-likeness (QED) is 0.322. The van der Waals surface area contributed by atoms with Gasteiger partial charge in [0, 0.05) is 40.6 Å². The van der Waals surface area contributed by atoms with E-state index in [1.807, 2.05) is 78.2 Å². The third-order valence-corrected chi connectivity index (χ3v) is 6.51. The minimum Gasteiger partial charge on any atom is -0.382 e. The van der Waals surface area contributed by atoms with Crippen LogP contribution in [0.2, 0.25) is 10.0 Å². The van der Waals surface area contributed by atoms with Gasteiger partial charge in [-0.3, -0.25) is 4.79 Å². The van der Waals surface area contributed by atoms with E-state index in [0.717, 1.165) is 22.8 Å². The van der Waals surface area contributed by atoms with Gasteiger partial charge in [0.1, 0.15) is 0 Å². The topological polar surface area (TPSA) is 29.5 Å². The lowest BCUT2D eigenvalue weighted by atomic mass is 10.0. The molecule has 6 heteroatoms. The van der Waals surface area contributed by atoms with Crippen molar-refractivity contribution in [1.29, 1.82) is 0 Å². The molecule has 0 bridgehead atoms. The second-order valence-electron chi connectivity index (χ2n) is 8.64. The molecule has 0 radical (unpaired) electrons. The summed E-state index contributed by atoms with van der Waals surface area (Å²) in [5.41, 5.74) is 1.05. The molecule has 190 valence electrons. The van der Waals surface area contributed by atoms with Crippen molar-refractivity contribution in [2.24, 2.45) is 0 Å². The van der Waals surface area contributed by atoms with E-state index in [-0.39, 0.29) is 22.7 Å². The minimum atomic E-state index is -0.102. The Bertz CT molecular complexity index is 807. The highest BCUT2D eigenvalue weighted by molar-refractivity contribution is 8.00. The van der Waals surface area contributed by atoms with Crippen LogP contribution >= 0.6 is 35.0 Å². The Morgan fingerprint density at radius 2 is 1.59 bits per heavy atom. The number of carbonyl (C=O) groups excluding carboxylic acids is 1.